The molecule has 0 radical (unpaired) electrons. The molecule has 4 bridgehead atoms. The summed E-state index contributed by atoms with van der Waals surface area (Å²) in [6.45, 7) is 9.79. The molecule has 0 aromatic heterocycles. The lowest BCUT2D eigenvalue weighted by atomic mass is 9.39. The van der Waals surface area contributed by atoms with Gasteiger partial charge in [-0.2, -0.15) is 0 Å². The summed E-state index contributed by atoms with van der Waals surface area (Å²) in [5.41, 5.74) is 4.96. The van der Waals surface area contributed by atoms with Gasteiger partial charge in [0.25, 0.3) is 0 Å². The monoisotopic (exact) mass is 292 g/mol. The molecule has 0 aliphatic heterocycles. The molecule has 4 saturated carbocycles. The lowest BCUT2D eigenvalue weighted by molar-refractivity contribution is -0.158. The average molecular weight is 293 g/mol. The predicted octanol–water partition coefficient (Wildman–Crippen LogP) is 4.64. The van der Waals surface area contributed by atoms with Gasteiger partial charge >= 0.3 is 0 Å². The second-order valence-electron chi connectivity index (χ2n) is 10.0. The second kappa shape index (κ2) is 5.23. The molecule has 3 unspecified atom stereocenters. The van der Waals surface area contributed by atoms with Crippen molar-refractivity contribution in [2.24, 2.45) is 33.9 Å². The van der Waals surface area contributed by atoms with Crippen LogP contribution in [0.1, 0.15) is 85.5 Å². The van der Waals surface area contributed by atoms with E-state index in [0.717, 1.165) is 11.8 Å². The number of nitrogens with two attached hydrogens (primary N) is 1. The highest BCUT2D eigenvalue weighted by Crippen LogP contribution is 2.70. The molecule has 0 heterocycles. The number of rotatable bonds is 6. The van der Waals surface area contributed by atoms with Crippen molar-refractivity contribution < 1.29 is 0 Å². The second-order valence-corrected chi connectivity index (χ2v) is 10.0. The fourth-order valence-corrected chi connectivity index (χ4v) is 7.22. The van der Waals surface area contributed by atoms with E-state index in [1.807, 2.05) is 0 Å². The van der Waals surface area contributed by atoms with Crippen molar-refractivity contribution in [2.75, 3.05) is 0 Å². The van der Waals surface area contributed by atoms with Crippen LogP contribution >= 0.6 is 0 Å². The van der Waals surface area contributed by atoms with E-state index in [2.05, 4.69) is 33.1 Å². The molecular formula is C19H36N2. The standard InChI is InChI=1S/C19H36N2/c1-14(2)6-5-7-16(21-20)19-10-15-8-17(3,12-19)11-18(4,9-15)13-19/h14-16,21H,5-13,20H2,1-4H3. The van der Waals surface area contributed by atoms with E-state index in [9.17, 15) is 0 Å². The smallest absolute Gasteiger partial charge is 0.0267 e. The zero-order valence-electron chi connectivity index (χ0n) is 14.7. The maximum Gasteiger partial charge on any atom is 0.0267 e. The summed E-state index contributed by atoms with van der Waals surface area (Å²) < 4.78 is 0. The molecule has 3 N–H and O–H groups in total. The summed E-state index contributed by atoms with van der Waals surface area (Å²) >= 11 is 0. The van der Waals surface area contributed by atoms with E-state index in [1.54, 1.807) is 0 Å². The van der Waals surface area contributed by atoms with Crippen LogP contribution in [0.3, 0.4) is 0 Å². The van der Waals surface area contributed by atoms with Gasteiger partial charge in [-0.3, -0.25) is 11.3 Å². The normalized spacial score (nSPS) is 46.3. The molecular weight excluding hydrogens is 256 g/mol. The molecule has 21 heavy (non-hydrogen) atoms. The molecule has 4 aliphatic carbocycles. The molecule has 122 valence electrons. The quantitative estimate of drug-likeness (QED) is 0.553. The van der Waals surface area contributed by atoms with Crippen LogP contribution in [0, 0.1) is 28.1 Å². The van der Waals surface area contributed by atoms with Crippen LogP contribution in [-0.4, -0.2) is 6.04 Å². The number of hydrogen-bond acceptors (Lipinski definition) is 2. The minimum atomic E-state index is 0.495. The van der Waals surface area contributed by atoms with Gasteiger partial charge in [0.2, 0.25) is 0 Å². The fourth-order valence-electron chi connectivity index (χ4n) is 7.22. The van der Waals surface area contributed by atoms with Crippen LogP contribution in [0.5, 0.6) is 0 Å². The summed E-state index contributed by atoms with van der Waals surface area (Å²) in [6, 6.07) is 0.540. The zero-order valence-corrected chi connectivity index (χ0v) is 14.7. The van der Waals surface area contributed by atoms with E-state index < -0.39 is 0 Å². The SMILES string of the molecule is CC(C)CCCC(NN)C12CC3CC(C)(CC(C)(C3)C1)C2. The highest BCUT2D eigenvalue weighted by Gasteiger charge is 2.61. The molecule has 3 atom stereocenters. The Labute approximate surface area is 131 Å². The van der Waals surface area contributed by atoms with Crippen molar-refractivity contribution in [3.63, 3.8) is 0 Å². The number of hydrazine groups is 1. The summed E-state index contributed by atoms with van der Waals surface area (Å²) in [5, 5.41) is 0. The van der Waals surface area contributed by atoms with Crippen LogP contribution in [0.15, 0.2) is 0 Å². The van der Waals surface area contributed by atoms with E-state index in [1.165, 1.54) is 57.8 Å². The molecule has 0 amide bonds. The fraction of sp³-hybridized carbons (Fsp3) is 1.00. The van der Waals surface area contributed by atoms with Crippen molar-refractivity contribution in [3.05, 3.63) is 0 Å². The highest BCUT2D eigenvalue weighted by molar-refractivity contribution is 5.13. The van der Waals surface area contributed by atoms with Crippen LogP contribution in [0.2, 0.25) is 0 Å². The highest BCUT2D eigenvalue weighted by atomic mass is 15.2. The van der Waals surface area contributed by atoms with Gasteiger partial charge in [0.15, 0.2) is 0 Å². The molecule has 2 heteroatoms. The maximum absolute atomic E-state index is 6.05. The third-order valence-corrected chi connectivity index (χ3v) is 6.88. The lowest BCUT2D eigenvalue weighted by Crippen LogP contribution is -2.62. The van der Waals surface area contributed by atoms with Gasteiger partial charge in [0.05, 0.1) is 0 Å². The topological polar surface area (TPSA) is 38.0 Å². The van der Waals surface area contributed by atoms with Crippen molar-refractivity contribution in [3.8, 4) is 0 Å². The molecule has 0 saturated heterocycles. The minimum Gasteiger partial charge on any atom is -0.271 e. The first-order chi connectivity index (χ1) is 9.78. The van der Waals surface area contributed by atoms with Crippen LogP contribution < -0.4 is 11.3 Å². The molecule has 0 aromatic rings. The Hall–Kier alpha value is -0.0800. The first-order valence-corrected chi connectivity index (χ1v) is 9.24. The van der Waals surface area contributed by atoms with Crippen molar-refractivity contribution in [1.29, 1.82) is 0 Å². The first kappa shape index (κ1) is 15.8. The summed E-state index contributed by atoms with van der Waals surface area (Å²) in [5.74, 6) is 7.83. The van der Waals surface area contributed by atoms with Gasteiger partial charge in [0.1, 0.15) is 0 Å². The molecule has 4 fully saturated rings. The largest absolute Gasteiger partial charge is 0.271 e. The Morgan fingerprint density at radius 3 is 2.10 bits per heavy atom. The molecule has 4 aliphatic rings. The number of nitrogens with one attached hydrogen (secondary N) is 1. The zero-order chi connectivity index (χ0) is 15.3. The van der Waals surface area contributed by atoms with Crippen LogP contribution in [0.25, 0.3) is 0 Å². The van der Waals surface area contributed by atoms with Gasteiger partial charge in [-0.15, -0.1) is 0 Å². The molecule has 4 rings (SSSR count). The Bertz CT molecular complexity index is 371. The minimum absolute atomic E-state index is 0.495. The average Bonchev–Trinajstić information content (AvgIpc) is 2.29. The molecule has 0 aromatic carbocycles. The van der Waals surface area contributed by atoms with Gasteiger partial charge in [-0.1, -0.05) is 40.5 Å². The molecule has 2 nitrogen and oxygen atoms in total. The van der Waals surface area contributed by atoms with E-state index in [-0.39, 0.29) is 0 Å². The van der Waals surface area contributed by atoms with Crippen molar-refractivity contribution >= 4 is 0 Å². The van der Waals surface area contributed by atoms with E-state index in [0.29, 0.717) is 22.3 Å². The Morgan fingerprint density at radius 2 is 1.62 bits per heavy atom. The third kappa shape index (κ3) is 2.91. The van der Waals surface area contributed by atoms with Crippen molar-refractivity contribution in [2.45, 2.75) is 91.5 Å². The first-order valence-electron chi connectivity index (χ1n) is 9.24. The van der Waals surface area contributed by atoms with Crippen LogP contribution in [-0.2, 0) is 0 Å². The van der Waals surface area contributed by atoms with Gasteiger partial charge in [-0.05, 0) is 73.0 Å². The van der Waals surface area contributed by atoms with Gasteiger partial charge in [0, 0.05) is 6.04 Å². The predicted molar refractivity (Wildman–Crippen MR) is 89.6 cm³/mol. The Balaban J connectivity index is 1.76. The Morgan fingerprint density at radius 1 is 1.00 bits per heavy atom. The summed E-state index contributed by atoms with van der Waals surface area (Å²) in [7, 11) is 0. The van der Waals surface area contributed by atoms with E-state index in [4.69, 9.17) is 5.84 Å². The van der Waals surface area contributed by atoms with Gasteiger partial charge < -0.3 is 0 Å². The number of hydrogen-bond donors (Lipinski definition) is 2. The van der Waals surface area contributed by atoms with E-state index >= 15 is 0 Å². The van der Waals surface area contributed by atoms with Crippen LogP contribution in [0.4, 0.5) is 0 Å². The maximum atomic E-state index is 6.05. The lowest BCUT2D eigenvalue weighted by Gasteiger charge is -2.67. The third-order valence-electron chi connectivity index (χ3n) is 6.88. The Kier molecular flexibility index (Phi) is 3.94. The summed E-state index contributed by atoms with van der Waals surface area (Å²) in [6.07, 6.45) is 12.6. The van der Waals surface area contributed by atoms with Gasteiger partial charge in [-0.25, -0.2) is 0 Å². The van der Waals surface area contributed by atoms with Crippen molar-refractivity contribution in [1.82, 2.24) is 5.43 Å². The summed E-state index contributed by atoms with van der Waals surface area (Å²) in [4.78, 5) is 0. The molecule has 0 spiro atoms.